The predicted molar refractivity (Wildman–Crippen MR) is 88.3 cm³/mol. The zero-order valence-corrected chi connectivity index (χ0v) is 14.2. The number of unbranched alkanes of at least 4 members (excludes halogenated alkanes) is 3. The summed E-state index contributed by atoms with van der Waals surface area (Å²) >= 11 is 0. The highest BCUT2D eigenvalue weighted by atomic mass is 16.7. The molecule has 1 aromatic rings. The molecule has 0 aromatic heterocycles. The zero-order valence-electron chi connectivity index (χ0n) is 14.2. The summed E-state index contributed by atoms with van der Waals surface area (Å²) in [5.74, 6) is 0. The van der Waals surface area contributed by atoms with Crippen LogP contribution < -0.4 is 0 Å². The molecule has 0 atom stereocenters. The van der Waals surface area contributed by atoms with Gasteiger partial charge in [0.1, 0.15) is 12.2 Å². The molecule has 5 nitrogen and oxygen atoms in total. The second-order valence-corrected chi connectivity index (χ2v) is 6.31. The molecule has 0 aliphatic rings. The minimum atomic E-state index is -0.563. The van der Waals surface area contributed by atoms with Gasteiger partial charge in [-0.3, -0.25) is 4.84 Å². The quantitative estimate of drug-likeness (QED) is 0.525. The van der Waals surface area contributed by atoms with Crippen LogP contribution in [0.3, 0.4) is 0 Å². The van der Waals surface area contributed by atoms with Gasteiger partial charge in [0.25, 0.3) is 0 Å². The number of hydroxylamine groups is 2. The maximum Gasteiger partial charge on any atom is 0.434 e. The Kier molecular flexibility index (Phi) is 8.14. The normalized spacial score (nSPS) is 10.9. The van der Waals surface area contributed by atoms with E-state index < -0.39 is 11.7 Å². The number of hydrogen-bond acceptors (Lipinski definition) is 4. The molecule has 0 bridgehead atoms. The first-order valence-electron chi connectivity index (χ1n) is 7.96. The van der Waals surface area contributed by atoms with Gasteiger partial charge < -0.3 is 4.74 Å². The number of nitrogens with zero attached hydrogens (tertiary/aromatic N) is 2. The van der Waals surface area contributed by atoms with Crippen LogP contribution in [0.25, 0.3) is 0 Å². The van der Waals surface area contributed by atoms with Crippen molar-refractivity contribution in [2.45, 2.75) is 58.7 Å². The molecule has 5 heteroatoms. The van der Waals surface area contributed by atoms with E-state index in [1.54, 1.807) is 0 Å². The van der Waals surface area contributed by atoms with Gasteiger partial charge in [-0.2, -0.15) is 10.3 Å². The van der Waals surface area contributed by atoms with Crippen molar-refractivity contribution in [1.82, 2.24) is 5.06 Å². The predicted octanol–water partition coefficient (Wildman–Crippen LogP) is 4.44. The highest BCUT2D eigenvalue weighted by Gasteiger charge is 2.22. The first-order valence-corrected chi connectivity index (χ1v) is 7.96. The summed E-state index contributed by atoms with van der Waals surface area (Å²) in [6.45, 7) is 6.25. The number of rotatable bonds is 8. The van der Waals surface area contributed by atoms with Crippen molar-refractivity contribution in [2.24, 2.45) is 0 Å². The number of benzene rings is 1. The molecule has 0 heterocycles. The van der Waals surface area contributed by atoms with E-state index in [1.165, 1.54) is 5.06 Å². The van der Waals surface area contributed by atoms with E-state index in [-0.39, 0.29) is 0 Å². The number of hydrogen-bond donors (Lipinski definition) is 0. The first-order chi connectivity index (χ1) is 10.9. The fourth-order valence-electron chi connectivity index (χ4n) is 1.88. The Bertz CT molecular complexity index is 503. The fraction of sp³-hybridized carbons (Fsp3) is 0.556. The fourth-order valence-corrected chi connectivity index (χ4v) is 1.88. The van der Waals surface area contributed by atoms with E-state index in [0.29, 0.717) is 19.6 Å². The monoisotopic (exact) mass is 318 g/mol. The lowest BCUT2D eigenvalue weighted by molar-refractivity contribution is -0.156. The zero-order chi connectivity index (χ0) is 17.1. The molecular weight excluding hydrogens is 292 g/mol. The summed E-state index contributed by atoms with van der Waals surface area (Å²) in [5.41, 5.74) is 0.428. The lowest BCUT2D eigenvalue weighted by Crippen LogP contribution is -2.37. The number of amides is 1. The van der Waals surface area contributed by atoms with Crippen LogP contribution in [0.2, 0.25) is 0 Å². The van der Waals surface area contributed by atoms with Crippen molar-refractivity contribution in [1.29, 1.82) is 5.26 Å². The summed E-state index contributed by atoms with van der Waals surface area (Å²) in [7, 11) is 0. The van der Waals surface area contributed by atoms with Gasteiger partial charge in [0.2, 0.25) is 0 Å². The Morgan fingerprint density at radius 3 is 2.48 bits per heavy atom. The molecule has 1 amide bonds. The van der Waals surface area contributed by atoms with Crippen LogP contribution in [0.4, 0.5) is 4.79 Å². The molecule has 0 saturated heterocycles. The van der Waals surface area contributed by atoms with E-state index in [1.807, 2.05) is 51.1 Å². The Labute approximate surface area is 138 Å². The second-order valence-electron chi connectivity index (χ2n) is 6.31. The lowest BCUT2D eigenvalue weighted by Gasteiger charge is -2.26. The van der Waals surface area contributed by atoms with Crippen molar-refractivity contribution in [3.05, 3.63) is 35.9 Å². The minimum absolute atomic E-state index is 0.318. The molecule has 0 spiro atoms. The molecule has 0 aliphatic heterocycles. The van der Waals surface area contributed by atoms with E-state index in [2.05, 4.69) is 6.07 Å². The van der Waals surface area contributed by atoms with Gasteiger partial charge in [0.05, 0.1) is 12.6 Å². The second kappa shape index (κ2) is 9.86. The first kappa shape index (κ1) is 19.0. The number of nitriles is 1. The van der Waals surface area contributed by atoms with Crippen LogP contribution in [0.5, 0.6) is 0 Å². The molecule has 0 fully saturated rings. The van der Waals surface area contributed by atoms with Crippen molar-refractivity contribution in [3.8, 4) is 6.07 Å². The highest BCUT2D eigenvalue weighted by molar-refractivity contribution is 5.66. The van der Waals surface area contributed by atoms with Crippen molar-refractivity contribution < 1.29 is 14.4 Å². The van der Waals surface area contributed by atoms with E-state index in [4.69, 9.17) is 14.8 Å². The molecule has 23 heavy (non-hydrogen) atoms. The van der Waals surface area contributed by atoms with Crippen molar-refractivity contribution in [2.75, 3.05) is 6.54 Å². The van der Waals surface area contributed by atoms with E-state index in [0.717, 1.165) is 24.8 Å². The number of ether oxygens (including phenoxy) is 1. The summed E-state index contributed by atoms with van der Waals surface area (Å²) < 4.78 is 5.38. The average Bonchev–Trinajstić information content (AvgIpc) is 2.49. The standard InChI is InChI=1S/C18H26N2O3/c1-18(2,3)23-17(21)20(14-10-5-4-9-13-19)22-15-16-11-7-6-8-12-16/h6-8,11-12H,4-5,9-10,14-15H2,1-3H3. The molecule has 0 unspecified atom stereocenters. The Hall–Kier alpha value is -2.06. The van der Waals surface area contributed by atoms with Gasteiger partial charge in [-0.15, -0.1) is 0 Å². The number of carbonyl (C=O) groups excluding carboxylic acids is 1. The maximum atomic E-state index is 12.2. The van der Waals surface area contributed by atoms with Gasteiger partial charge in [0.15, 0.2) is 0 Å². The van der Waals surface area contributed by atoms with Gasteiger partial charge in [-0.1, -0.05) is 36.8 Å². The third-order valence-corrected chi connectivity index (χ3v) is 2.98. The van der Waals surface area contributed by atoms with Crippen molar-refractivity contribution >= 4 is 6.09 Å². The molecule has 0 radical (unpaired) electrons. The highest BCUT2D eigenvalue weighted by Crippen LogP contribution is 2.13. The van der Waals surface area contributed by atoms with Gasteiger partial charge >= 0.3 is 6.09 Å². The largest absolute Gasteiger partial charge is 0.442 e. The Balaban J connectivity index is 2.53. The molecule has 0 N–H and O–H groups in total. The maximum absolute atomic E-state index is 12.2. The summed E-state index contributed by atoms with van der Waals surface area (Å²) in [4.78, 5) is 17.9. The third kappa shape index (κ3) is 8.84. The third-order valence-electron chi connectivity index (χ3n) is 2.98. The van der Waals surface area contributed by atoms with Crippen LogP contribution in [0, 0.1) is 11.3 Å². The summed E-state index contributed by atoms with van der Waals surface area (Å²) in [6.07, 6.45) is 2.54. The Morgan fingerprint density at radius 1 is 1.17 bits per heavy atom. The van der Waals surface area contributed by atoms with Crippen LogP contribution in [0.15, 0.2) is 30.3 Å². The number of carbonyl (C=O) groups is 1. The minimum Gasteiger partial charge on any atom is -0.442 e. The molecular formula is C18H26N2O3. The van der Waals surface area contributed by atoms with Crippen molar-refractivity contribution in [3.63, 3.8) is 0 Å². The summed E-state index contributed by atoms with van der Waals surface area (Å²) in [6, 6.07) is 11.8. The van der Waals surface area contributed by atoms with Crippen LogP contribution >= 0.6 is 0 Å². The van der Waals surface area contributed by atoms with Gasteiger partial charge in [-0.25, -0.2) is 4.79 Å². The smallest absolute Gasteiger partial charge is 0.434 e. The topological polar surface area (TPSA) is 62.6 Å². The van der Waals surface area contributed by atoms with Crippen LogP contribution in [0.1, 0.15) is 52.0 Å². The molecule has 1 aromatic carbocycles. The Morgan fingerprint density at radius 2 is 1.87 bits per heavy atom. The molecule has 126 valence electrons. The van der Waals surface area contributed by atoms with Gasteiger partial charge in [0, 0.05) is 6.42 Å². The van der Waals surface area contributed by atoms with Gasteiger partial charge in [-0.05, 0) is 39.2 Å². The van der Waals surface area contributed by atoms with E-state index in [9.17, 15) is 4.79 Å². The molecule has 0 aliphatic carbocycles. The average molecular weight is 318 g/mol. The lowest BCUT2D eigenvalue weighted by atomic mass is 10.2. The van der Waals surface area contributed by atoms with Crippen LogP contribution in [-0.4, -0.2) is 23.3 Å². The summed E-state index contributed by atoms with van der Waals surface area (Å²) in [5, 5.41) is 9.82. The van der Waals surface area contributed by atoms with Crippen LogP contribution in [-0.2, 0) is 16.2 Å². The molecule has 1 rings (SSSR count). The van der Waals surface area contributed by atoms with E-state index >= 15 is 0 Å². The molecule has 0 saturated carbocycles. The SMILES string of the molecule is CC(C)(C)OC(=O)N(CCCCCC#N)OCc1ccccc1.